The zero-order valence-corrected chi connectivity index (χ0v) is 17.1. The molecule has 1 N–H and O–H groups in total. The highest BCUT2D eigenvalue weighted by molar-refractivity contribution is 5.46. The van der Waals surface area contributed by atoms with Gasteiger partial charge in [0.05, 0.1) is 11.4 Å². The SMILES string of the molecule is C[C@H](Oc1cc(-n2nc(C(F)(F)F)c3c2CCNC3)ccn1)c1ccc2c(c1)OC(F)(F)O2. The van der Waals surface area contributed by atoms with E-state index in [9.17, 15) is 22.0 Å². The van der Waals surface area contributed by atoms with Crippen molar-refractivity contribution in [1.29, 1.82) is 0 Å². The Morgan fingerprint density at radius 3 is 2.73 bits per heavy atom. The monoisotopic (exact) mass is 468 g/mol. The Labute approximate surface area is 184 Å². The molecule has 0 aliphatic carbocycles. The molecule has 0 amide bonds. The summed E-state index contributed by atoms with van der Waals surface area (Å²) >= 11 is 0. The van der Waals surface area contributed by atoms with Gasteiger partial charge in [0, 0.05) is 37.3 Å². The number of benzene rings is 1. The maximum Gasteiger partial charge on any atom is 0.586 e. The Balaban J connectivity index is 1.42. The molecule has 174 valence electrons. The van der Waals surface area contributed by atoms with Crippen LogP contribution in [0.1, 0.15) is 35.5 Å². The number of nitrogens with one attached hydrogen (secondary N) is 1. The highest BCUT2D eigenvalue weighted by atomic mass is 19.4. The second-order valence-corrected chi connectivity index (χ2v) is 7.60. The van der Waals surface area contributed by atoms with E-state index in [0.29, 0.717) is 29.9 Å². The van der Waals surface area contributed by atoms with Crippen LogP contribution in [0.15, 0.2) is 36.5 Å². The van der Waals surface area contributed by atoms with Gasteiger partial charge in [0.1, 0.15) is 6.10 Å². The molecular formula is C21H17F5N4O3. The number of aromatic nitrogens is 3. The lowest BCUT2D eigenvalue weighted by Gasteiger charge is -2.17. The summed E-state index contributed by atoms with van der Waals surface area (Å²) in [7, 11) is 0. The number of nitrogens with zero attached hydrogens (tertiary/aromatic N) is 3. The summed E-state index contributed by atoms with van der Waals surface area (Å²) in [5, 5.41) is 6.77. The Bertz CT molecular complexity index is 1210. The first-order valence-corrected chi connectivity index (χ1v) is 10.0. The van der Waals surface area contributed by atoms with Gasteiger partial charge in [0.25, 0.3) is 0 Å². The van der Waals surface area contributed by atoms with Crippen LogP contribution in [0.3, 0.4) is 0 Å². The number of pyridine rings is 1. The lowest BCUT2D eigenvalue weighted by atomic mass is 10.1. The van der Waals surface area contributed by atoms with Gasteiger partial charge in [-0.2, -0.15) is 18.3 Å². The number of hydrogen-bond acceptors (Lipinski definition) is 6. The van der Waals surface area contributed by atoms with Gasteiger partial charge in [0.15, 0.2) is 17.2 Å². The van der Waals surface area contributed by atoms with Crippen molar-refractivity contribution in [3.8, 4) is 23.1 Å². The molecule has 7 nitrogen and oxygen atoms in total. The van der Waals surface area contributed by atoms with Crippen LogP contribution >= 0.6 is 0 Å². The van der Waals surface area contributed by atoms with Gasteiger partial charge < -0.3 is 19.5 Å². The maximum atomic E-state index is 13.5. The van der Waals surface area contributed by atoms with E-state index in [1.807, 2.05) is 0 Å². The molecule has 2 aromatic heterocycles. The number of ether oxygens (including phenoxy) is 3. The molecule has 0 bridgehead atoms. The van der Waals surface area contributed by atoms with Gasteiger partial charge in [-0.25, -0.2) is 9.67 Å². The summed E-state index contributed by atoms with van der Waals surface area (Å²) in [4.78, 5) is 4.12. The highest BCUT2D eigenvalue weighted by Gasteiger charge is 2.43. The zero-order chi connectivity index (χ0) is 23.4. The molecule has 0 unspecified atom stereocenters. The number of alkyl halides is 5. The van der Waals surface area contributed by atoms with Crippen molar-refractivity contribution < 1.29 is 36.2 Å². The second kappa shape index (κ2) is 7.58. The Kier molecular flexibility index (Phi) is 4.92. The number of halogens is 5. The molecule has 33 heavy (non-hydrogen) atoms. The van der Waals surface area contributed by atoms with Gasteiger partial charge in [-0.3, -0.25) is 0 Å². The predicted molar refractivity (Wildman–Crippen MR) is 103 cm³/mol. The third-order valence-corrected chi connectivity index (χ3v) is 5.35. The van der Waals surface area contributed by atoms with Crippen LogP contribution in [0, 0.1) is 0 Å². The summed E-state index contributed by atoms with van der Waals surface area (Å²) in [5.74, 6) is -0.0738. The van der Waals surface area contributed by atoms with Crippen molar-refractivity contribution >= 4 is 0 Å². The summed E-state index contributed by atoms with van der Waals surface area (Å²) in [6.07, 6.45) is -7.15. The molecule has 0 fully saturated rings. The van der Waals surface area contributed by atoms with Crippen LogP contribution in [0.5, 0.6) is 17.4 Å². The summed E-state index contributed by atoms with van der Waals surface area (Å²) in [6.45, 7) is 2.29. The van der Waals surface area contributed by atoms with E-state index in [1.165, 1.54) is 35.1 Å². The number of fused-ring (bicyclic) bond motifs is 2. The van der Waals surface area contributed by atoms with E-state index in [0.717, 1.165) is 0 Å². The first kappa shape index (κ1) is 21.4. The van der Waals surface area contributed by atoms with Crippen molar-refractivity contribution in [2.45, 2.75) is 38.5 Å². The standard InChI is InChI=1S/C21H17F5N4O3/c1-11(12-2-3-16-17(8-12)33-21(25,26)32-16)31-18-9-13(4-7-28-18)30-15-5-6-27-10-14(15)19(29-30)20(22,23)24/h2-4,7-9,11,27H,5-6,10H2,1H3/t11-/m0/s1. The lowest BCUT2D eigenvalue weighted by molar-refractivity contribution is -0.286. The van der Waals surface area contributed by atoms with Crippen LogP contribution in [-0.4, -0.2) is 27.6 Å². The average molecular weight is 468 g/mol. The predicted octanol–water partition coefficient (Wildman–Crippen LogP) is 4.39. The number of rotatable bonds is 4. The van der Waals surface area contributed by atoms with E-state index in [1.54, 1.807) is 13.0 Å². The van der Waals surface area contributed by atoms with E-state index < -0.39 is 24.3 Å². The van der Waals surface area contributed by atoms with E-state index in [2.05, 4.69) is 24.9 Å². The molecule has 2 aliphatic heterocycles. The minimum atomic E-state index is -4.58. The molecule has 4 heterocycles. The molecule has 0 spiro atoms. The van der Waals surface area contributed by atoms with Crippen LogP contribution < -0.4 is 19.5 Å². The maximum absolute atomic E-state index is 13.5. The van der Waals surface area contributed by atoms with Crippen LogP contribution in [0.4, 0.5) is 22.0 Å². The van der Waals surface area contributed by atoms with Gasteiger partial charge in [-0.15, -0.1) is 8.78 Å². The molecule has 1 atom stereocenters. The van der Waals surface area contributed by atoms with Crippen LogP contribution in [0.2, 0.25) is 0 Å². The largest absolute Gasteiger partial charge is 0.586 e. The molecule has 0 saturated heterocycles. The molecule has 2 aliphatic rings. The Morgan fingerprint density at radius 1 is 1.15 bits per heavy atom. The summed E-state index contributed by atoms with van der Waals surface area (Å²) < 4.78 is 82.9. The zero-order valence-electron chi connectivity index (χ0n) is 17.1. The molecule has 5 rings (SSSR count). The normalized spacial score (nSPS) is 17.5. The van der Waals surface area contributed by atoms with Crippen molar-refractivity contribution in [2.24, 2.45) is 0 Å². The quantitative estimate of drug-likeness (QED) is 0.573. The van der Waals surface area contributed by atoms with Gasteiger partial charge in [0.2, 0.25) is 5.88 Å². The van der Waals surface area contributed by atoms with Crippen molar-refractivity contribution in [1.82, 2.24) is 20.1 Å². The van der Waals surface area contributed by atoms with E-state index in [-0.39, 0.29) is 29.5 Å². The fraction of sp³-hybridized carbons (Fsp3) is 0.333. The van der Waals surface area contributed by atoms with E-state index in [4.69, 9.17) is 4.74 Å². The number of hydrogen-bond donors (Lipinski definition) is 1. The molecule has 12 heteroatoms. The van der Waals surface area contributed by atoms with Gasteiger partial charge >= 0.3 is 12.5 Å². The average Bonchev–Trinajstić information content (AvgIpc) is 3.29. The van der Waals surface area contributed by atoms with Gasteiger partial charge in [-0.1, -0.05) is 6.07 Å². The van der Waals surface area contributed by atoms with Crippen LogP contribution in [0.25, 0.3) is 5.69 Å². The molecule has 1 aromatic carbocycles. The smallest absolute Gasteiger partial charge is 0.470 e. The molecule has 0 radical (unpaired) electrons. The van der Waals surface area contributed by atoms with Gasteiger partial charge in [-0.05, 0) is 30.7 Å². The summed E-state index contributed by atoms with van der Waals surface area (Å²) in [6, 6.07) is 7.28. The molecular weight excluding hydrogens is 451 g/mol. The Morgan fingerprint density at radius 2 is 1.94 bits per heavy atom. The van der Waals surface area contributed by atoms with Crippen molar-refractivity contribution in [3.05, 3.63) is 59.0 Å². The first-order valence-electron chi connectivity index (χ1n) is 10.0. The fourth-order valence-electron chi connectivity index (χ4n) is 3.85. The fourth-order valence-corrected chi connectivity index (χ4v) is 3.85. The molecule has 0 saturated carbocycles. The topological polar surface area (TPSA) is 70.4 Å². The third-order valence-electron chi connectivity index (χ3n) is 5.35. The van der Waals surface area contributed by atoms with Crippen molar-refractivity contribution in [2.75, 3.05) is 6.54 Å². The molecule has 3 aromatic rings. The minimum Gasteiger partial charge on any atom is -0.470 e. The lowest BCUT2D eigenvalue weighted by Crippen LogP contribution is -2.25. The highest BCUT2D eigenvalue weighted by Crippen LogP contribution is 2.42. The second-order valence-electron chi connectivity index (χ2n) is 7.60. The van der Waals surface area contributed by atoms with Crippen LogP contribution in [-0.2, 0) is 19.1 Å². The third kappa shape index (κ3) is 4.06. The summed E-state index contributed by atoms with van der Waals surface area (Å²) in [5.41, 5.74) is 0.561. The minimum absolute atomic E-state index is 0.0822. The van der Waals surface area contributed by atoms with Crippen molar-refractivity contribution in [3.63, 3.8) is 0 Å². The Hall–Kier alpha value is -3.41. The first-order chi connectivity index (χ1) is 15.6. The van der Waals surface area contributed by atoms with E-state index >= 15 is 0 Å².